The number of amides is 1. The molecule has 164 valence electrons. The van der Waals surface area contributed by atoms with Gasteiger partial charge in [0.25, 0.3) is 11.7 Å². The van der Waals surface area contributed by atoms with Crippen molar-refractivity contribution < 1.29 is 19.4 Å². The van der Waals surface area contributed by atoms with Crippen LogP contribution in [0.4, 0.5) is 0 Å². The number of hydrogen-bond acceptors (Lipinski definition) is 5. The molecule has 0 radical (unpaired) electrons. The average molecular weight is 423 g/mol. The third kappa shape index (κ3) is 4.80. The van der Waals surface area contributed by atoms with Gasteiger partial charge in [-0.05, 0) is 50.7 Å². The topological polar surface area (TPSA) is 70.1 Å². The van der Waals surface area contributed by atoms with Gasteiger partial charge < -0.3 is 19.6 Å². The van der Waals surface area contributed by atoms with Gasteiger partial charge in [-0.2, -0.15) is 0 Å². The molecular weight excluding hydrogens is 392 g/mol. The van der Waals surface area contributed by atoms with Crippen molar-refractivity contribution in [2.45, 2.75) is 26.3 Å². The number of carbonyl (C=O) groups is 2. The summed E-state index contributed by atoms with van der Waals surface area (Å²) in [5, 5.41) is 11.1. The second-order valence-corrected chi connectivity index (χ2v) is 7.85. The smallest absolute Gasteiger partial charge is 0.295 e. The monoisotopic (exact) mass is 422 g/mol. The first-order valence-corrected chi connectivity index (χ1v) is 10.6. The molecule has 1 N–H and O–H groups in total. The third-order valence-corrected chi connectivity index (χ3v) is 5.45. The Bertz CT molecular complexity index is 979. The first-order chi connectivity index (χ1) is 14.9. The van der Waals surface area contributed by atoms with Gasteiger partial charge in [0, 0.05) is 18.7 Å². The molecule has 0 bridgehead atoms. The van der Waals surface area contributed by atoms with Crippen molar-refractivity contribution in [1.29, 1.82) is 0 Å². The molecule has 1 unspecified atom stereocenters. The van der Waals surface area contributed by atoms with Crippen LogP contribution in [-0.2, 0) is 16.0 Å². The molecule has 1 aliphatic rings. The van der Waals surface area contributed by atoms with E-state index >= 15 is 0 Å². The van der Waals surface area contributed by atoms with Gasteiger partial charge in [0.15, 0.2) is 0 Å². The molecular formula is C25H30N2O4. The second kappa shape index (κ2) is 9.79. The van der Waals surface area contributed by atoms with Gasteiger partial charge in [0.05, 0.1) is 18.2 Å². The number of aliphatic hydroxyl groups excluding tert-OH is 1. The Balaban J connectivity index is 2.12. The Kier molecular flexibility index (Phi) is 7.13. The van der Waals surface area contributed by atoms with Crippen LogP contribution in [0.25, 0.3) is 5.76 Å². The summed E-state index contributed by atoms with van der Waals surface area (Å²) in [6.45, 7) is 5.43. The highest BCUT2D eigenvalue weighted by atomic mass is 16.5. The molecule has 1 amide bonds. The van der Waals surface area contributed by atoms with Crippen molar-refractivity contribution in [2.24, 2.45) is 0 Å². The van der Waals surface area contributed by atoms with Crippen LogP contribution in [0, 0.1) is 0 Å². The van der Waals surface area contributed by atoms with E-state index in [1.54, 1.807) is 29.2 Å². The van der Waals surface area contributed by atoms with Crippen LogP contribution in [0.2, 0.25) is 0 Å². The van der Waals surface area contributed by atoms with Gasteiger partial charge in [0.1, 0.15) is 11.5 Å². The fraction of sp³-hybridized carbons (Fsp3) is 0.360. The number of likely N-dealkylation sites (tertiary alicyclic amines) is 1. The number of ether oxygens (including phenoxy) is 1. The first kappa shape index (κ1) is 22.6. The molecule has 1 atom stereocenters. The zero-order valence-corrected chi connectivity index (χ0v) is 18.6. The largest absolute Gasteiger partial charge is 0.507 e. The molecule has 6 nitrogen and oxygen atoms in total. The summed E-state index contributed by atoms with van der Waals surface area (Å²) in [5.74, 6) is -0.842. The van der Waals surface area contributed by atoms with Crippen molar-refractivity contribution >= 4 is 17.4 Å². The summed E-state index contributed by atoms with van der Waals surface area (Å²) < 4.78 is 5.53. The summed E-state index contributed by atoms with van der Waals surface area (Å²) in [4.78, 5) is 29.5. The number of likely N-dealkylation sites (N-methyl/N-ethyl adjacent to an activating group) is 1. The van der Waals surface area contributed by atoms with Crippen LogP contribution < -0.4 is 4.74 Å². The molecule has 1 aliphatic heterocycles. The minimum atomic E-state index is -0.664. The zero-order chi connectivity index (χ0) is 22.5. The van der Waals surface area contributed by atoms with Crippen LogP contribution in [-0.4, -0.2) is 60.4 Å². The van der Waals surface area contributed by atoms with Gasteiger partial charge in [-0.3, -0.25) is 9.59 Å². The van der Waals surface area contributed by atoms with Gasteiger partial charge in [-0.1, -0.05) is 43.3 Å². The number of aliphatic hydroxyl groups is 1. The fourth-order valence-electron chi connectivity index (χ4n) is 3.76. The van der Waals surface area contributed by atoms with E-state index in [1.807, 2.05) is 50.2 Å². The minimum absolute atomic E-state index is 0.113. The lowest BCUT2D eigenvalue weighted by molar-refractivity contribution is -0.140. The van der Waals surface area contributed by atoms with Gasteiger partial charge in [0.2, 0.25) is 0 Å². The Labute approximate surface area is 183 Å². The van der Waals surface area contributed by atoms with E-state index in [1.165, 1.54) is 5.56 Å². The summed E-state index contributed by atoms with van der Waals surface area (Å²) >= 11 is 0. The van der Waals surface area contributed by atoms with Crippen molar-refractivity contribution in [3.63, 3.8) is 0 Å². The maximum atomic E-state index is 13.0. The molecule has 2 aromatic rings. The summed E-state index contributed by atoms with van der Waals surface area (Å²) in [6, 6.07) is 14.2. The predicted molar refractivity (Wildman–Crippen MR) is 121 cm³/mol. The van der Waals surface area contributed by atoms with E-state index in [4.69, 9.17) is 4.74 Å². The van der Waals surface area contributed by atoms with E-state index < -0.39 is 17.7 Å². The molecule has 0 aromatic heterocycles. The highest BCUT2D eigenvalue weighted by molar-refractivity contribution is 6.46. The molecule has 31 heavy (non-hydrogen) atoms. The maximum absolute atomic E-state index is 13.0. The average Bonchev–Trinajstić information content (AvgIpc) is 3.02. The number of benzene rings is 2. The molecule has 3 rings (SSSR count). The SMILES string of the molecule is CCOc1cccc(C(O)=C2C(=O)C(=O)N(CCN(C)C)C2c2ccc(CC)cc2)c1. The van der Waals surface area contributed by atoms with E-state index in [-0.39, 0.29) is 11.3 Å². The van der Waals surface area contributed by atoms with Crippen molar-refractivity contribution in [2.75, 3.05) is 33.8 Å². The standard InChI is InChI=1S/C25H30N2O4/c1-5-17-10-12-18(13-11-17)22-21(24(29)25(30)27(22)15-14-26(3)4)23(28)19-8-7-9-20(16-19)31-6-2/h7-13,16,22,28H,5-6,14-15H2,1-4H3. The highest BCUT2D eigenvalue weighted by Crippen LogP contribution is 2.39. The quantitative estimate of drug-likeness (QED) is 0.400. The van der Waals surface area contributed by atoms with Crippen molar-refractivity contribution in [3.8, 4) is 5.75 Å². The van der Waals surface area contributed by atoms with Gasteiger partial charge in [-0.25, -0.2) is 0 Å². The van der Waals surface area contributed by atoms with Crippen molar-refractivity contribution in [1.82, 2.24) is 9.80 Å². The van der Waals surface area contributed by atoms with E-state index in [9.17, 15) is 14.7 Å². The molecule has 0 aliphatic carbocycles. The van der Waals surface area contributed by atoms with Crippen LogP contribution in [0.3, 0.4) is 0 Å². The number of rotatable bonds is 8. The van der Waals surface area contributed by atoms with Crippen LogP contribution in [0.5, 0.6) is 5.75 Å². The molecule has 1 heterocycles. The number of carbonyl (C=O) groups excluding carboxylic acids is 2. The third-order valence-electron chi connectivity index (χ3n) is 5.45. The van der Waals surface area contributed by atoms with Gasteiger partial charge >= 0.3 is 0 Å². The van der Waals surface area contributed by atoms with Crippen LogP contribution in [0.15, 0.2) is 54.1 Å². The number of nitrogens with zero attached hydrogens (tertiary/aromatic N) is 2. The molecule has 6 heteroatoms. The van der Waals surface area contributed by atoms with Crippen molar-refractivity contribution in [3.05, 3.63) is 70.8 Å². The number of ketones is 1. The van der Waals surface area contributed by atoms with E-state index in [2.05, 4.69) is 6.92 Å². The van der Waals surface area contributed by atoms with Crippen LogP contribution >= 0.6 is 0 Å². The lowest BCUT2D eigenvalue weighted by Gasteiger charge is -2.26. The van der Waals surface area contributed by atoms with E-state index in [0.717, 1.165) is 12.0 Å². The highest BCUT2D eigenvalue weighted by Gasteiger charge is 2.45. The lowest BCUT2D eigenvalue weighted by atomic mass is 9.94. The fourth-order valence-corrected chi connectivity index (χ4v) is 3.76. The Morgan fingerprint density at radius 1 is 1.10 bits per heavy atom. The number of aryl methyl sites for hydroxylation is 1. The molecule has 2 aromatic carbocycles. The van der Waals surface area contributed by atoms with E-state index in [0.29, 0.717) is 31.0 Å². The normalized spacial score (nSPS) is 18.1. The van der Waals surface area contributed by atoms with Crippen LogP contribution in [0.1, 0.15) is 36.6 Å². The Morgan fingerprint density at radius 2 is 1.81 bits per heavy atom. The second-order valence-electron chi connectivity index (χ2n) is 7.85. The van der Waals surface area contributed by atoms with Gasteiger partial charge in [-0.15, -0.1) is 0 Å². The summed E-state index contributed by atoms with van der Waals surface area (Å²) in [7, 11) is 3.84. The number of hydrogen-bond donors (Lipinski definition) is 1. The zero-order valence-electron chi connectivity index (χ0n) is 18.6. The molecule has 0 saturated carbocycles. The molecule has 1 saturated heterocycles. The summed E-state index contributed by atoms with van der Waals surface area (Å²) in [5.41, 5.74) is 2.53. The lowest BCUT2D eigenvalue weighted by Crippen LogP contribution is -2.35. The summed E-state index contributed by atoms with van der Waals surface area (Å²) in [6.07, 6.45) is 0.894. The Hall–Kier alpha value is -3.12. The molecule has 1 fully saturated rings. The predicted octanol–water partition coefficient (Wildman–Crippen LogP) is 3.63. The molecule has 0 spiro atoms. The minimum Gasteiger partial charge on any atom is -0.507 e. The first-order valence-electron chi connectivity index (χ1n) is 10.6. The Morgan fingerprint density at radius 3 is 2.42 bits per heavy atom. The maximum Gasteiger partial charge on any atom is 0.295 e. The number of Topliss-reactive ketones (excluding diaryl/α,β-unsaturated/α-hetero) is 1.